The Hall–Kier alpha value is -0.265. The molecule has 2 heteroatoms. The van der Waals surface area contributed by atoms with Crippen LogP contribution >= 0.6 is 0 Å². The van der Waals surface area contributed by atoms with Crippen LogP contribution in [-0.4, -0.2) is 13.6 Å². The van der Waals surface area contributed by atoms with E-state index in [0.717, 1.165) is 6.42 Å². The summed E-state index contributed by atoms with van der Waals surface area (Å²) in [5.74, 6) is 0.191. The monoisotopic (exact) mass is 138 g/mol. The van der Waals surface area contributed by atoms with Crippen LogP contribution in [0.3, 0.4) is 0 Å². The highest BCUT2D eigenvalue weighted by molar-refractivity contribution is 6.20. The molecular formula is C8H15BO. The van der Waals surface area contributed by atoms with Gasteiger partial charge in [-0.3, -0.25) is 0 Å². The molecule has 0 spiro atoms. The number of unbranched alkanes of at least 4 members (excludes halogenated alkanes) is 3. The molecule has 0 N–H and O–H groups in total. The Kier molecular flexibility index (Phi) is 6.67. The van der Waals surface area contributed by atoms with Gasteiger partial charge in [-0.1, -0.05) is 26.2 Å². The van der Waals surface area contributed by atoms with Crippen molar-refractivity contribution in [1.82, 2.24) is 0 Å². The summed E-state index contributed by atoms with van der Waals surface area (Å²) in [6.45, 7) is 2.16. The Labute approximate surface area is 64.6 Å². The SMILES string of the molecule is [B]CC(=O)CCCCCC. The molecule has 0 aliphatic rings. The molecule has 0 aromatic rings. The zero-order chi connectivity index (χ0) is 7.82. The van der Waals surface area contributed by atoms with Crippen LogP contribution in [0.4, 0.5) is 0 Å². The van der Waals surface area contributed by atoms with Crippen molar-refractivity contribution in [3.8, 4) is 0 Å². The van der Waals surface area contributed by atoms with Crippen LogP contribution in [0.2, 0.25) is 6.32 Å². The second-order valence-electron chi connectivity index (χ2n) is 2.55. The molecule has 0 saturated heterocycles. The van der Waals surface area contributed by atoms with Crippen LogP contribution in [0.25, 0.3) is 0 Å². The topological polar surface area (TPSA) is 17.1 Å². The van der Waals surface area contributed by atoms with Crippen molar-refractivity contribution >= 4 is 13.6 Å². The zero-order valence-electron chi connectivity index (χ0n) is 6.73. The van der Waals surface area contributed by atoms with Gasteiger partial charge in [0.25, 0.3) is 0 Å². The van der Waals surface area contributed by atoms with E-state index in [0.29, 0.717) is 6.42 Å². The van der Waals surface area contributed by atoms with Gasteiger partial charge in [0.15, 0.2) is 0 Å². The first kappa shape index (κ1) is 9.73. The summed E-state index contributed by atoms with van der Waals surface area (Å²) in [6, 6.07) is 0. The molecule has 2 radical (unpaired) electrons. The number of carbonyl (C=O) groups is 1. The first-order chi connectivity index (χ1) is 4.81. The van der Waals surface area contributed by atoms with E-state index in [1.165, 1.54) is 19.3 Å². The average Bonchev–Trinajstić information content (AvgIpc) is 1.98. The van der Waals surface area contributed by atoms with Gasteiger partial charge in [0.05, 0.1) is 7.85 Å². The Morgan fingerprint density at radius 3 is 2.50 bits per heavy atom. The quantitative estimate of drug-likeness (QED) is 0.405. The van der Waals surface area contributed by atoms with E-state index < -0.39 is 0 Å². The van der Waals surface area contributed by atoms with E-state index in [-0.39, 0.29) is 12.1 Å². The molecule has 0 rings (SSSR count). The fourth-order valence-electron chi connectivity index (χ4n) is 0.851. The minimum Gasteiger partial charge on any atom is -0.301 e. The number of Topliss-reactive ketones (excluding diaryl/α,β-unsaturated/α-hetero) is 1. The Bertz CT molecular complexity index is 91.3. The summed E-state index contributed by atoms with van der Waals surface area (Å²) < 4.78 is 0. The Morgan fingerprint density at radius 1 is 1.30 bits per heavy atom. The molecule has 0 aliphatic carbocycles. The average molecular weight is 138 g/mol. The standard InChI is InChI=1S/C8H15BO/c1-2-3-4-5-6-8(10)7-9/h2-7H2,1H3. The van der Waals surface area contributed by atoms with Gasteiger partial charge >= 0.3 is 0 Å². The van der Waals surface area contributed by atoms with Crippen molar-refractivity contribution < 1.29 is 4.79 Å². The first-order valence-corrected chi connectivity index (χ1v) is 4.03. The molecule has 0 fully saturated rings. The molecular weight excluding hydrogens is 123 g/mol. The Morgan fingerprint density at radius 2 is 2.00 bits per heavy atom. The number of hydrogen-bond acceptors (Lipinski definition) is 1. The lowest BCUT2D eigenvalue weighted by molar-refractivity contribution is -0.117. The van der Waals surface area contributed by atoms with Crippen molar-refractivity contribution in [2.24, 2.45) is 0 Å². The van der Waals surface area contributed by atoms with Gasteiger partial charge < -0.3 is 4.79 Å². The van der Waals surface area contributed by atoms with Crippen molar-refractivity contribution in [3.05, 3.63) is 0 Å². The summed E-state index contributed by atoms with van der Waals surface area (Å²) >= 11 is 0. The lowest BCUT2D eigenvalue weighted by Gasteiger charge is -1.96. The zero-order valence-corrected chi connectivity index (χ0v) is 6.73. The molecule has 0 aromatic heterocycles. The molecule has 0 heterocycles. The van der Waals surface area contributed by atoms with Crippen LogP contribution in [0.1, 0.15) is 39.0 Å². The minimum atomic E-state index is 0.191. The van der Waals surface area contributed by atoms with E-state index in [9.17, 15) is 4.79 Å². The van der Waals surface area contributed by atoms with Gasteiger partial charge in [0, 0.05) is 6.42 Å². The third kappa shape index (κ3) is 5.86. The molecule has 0 saturated carbocycles. The second kappa shape index (κ2) is 6.85. The van der Waals surface area contributed by atoms with Crippen LogP contribution < -0.4 is 0 Å². The summed E-state index contributed by atoms with van der Waals surface area (Å²) in [7, 11) is 5.14. The highest BCUT2D eigenvalue weighted by Gasteiger charge is 1.95. The van der Waals surface area contributed by atoms with E-state index in [1.807, 2.05) is 0 Å². The van der Waals surface area contributed by atoms with Gasteiger partial charge in [0.2, 0.25) is 0 Å². The number of hydrogen-bond donors (Lipinski definition) is 0. The van der Waals surface area contributed by atoms with Crippen LogP contribution in [0, 0.1) is 0 Å². The largest absolute Gasteiger partial charge is 0.301 e. The lowest BCUT2D eigenvalue weighted by atomic mass is 9.97. The number of rotatable bonds is 6. The molecule has 10 heavy (non-hydrogen) atoms. The van der Waals surface area contributed by atoms with Crippen LogP contribution in [-0.2, 0) is 4.79 Å². The molecule has 1 nitrogen and oxygen atoms in total. The summed E-state index contributed by atoms with van der Waals surface area (Å²) in [6.07, 6.45) is 5.53. The smallest absolute Gasteiger partial charge is 0.124 e. The summed E-state index contributed by atoms with van der Waals surface area (Å²) in [4.78, 5) is 10.6. The molecule has 0 bridgehead atoms. The van der Waals surface area contributed by atoms with E-state index in [4.69, 9.17) is 7.85 Å². The maximum atomic E-state index is 10.6. The highest BCUT2D eigenvalue weighted by Crippen LogP contribution is 2.03. The maximum absolute atomic E-state index is 10.6. The molecule has 56 valence electrons. The maximum Gasteiger partial charge on any atom is 0.124 e. The fraction of sp³-hybridized carbons (Fsp3) is 0.875. The minimum absolute atomic E-state index is 0.191. The molecule has 0 amide bonds. The molecule has 0 aromatic carbocycles. The first-order valence-electron chi connectivity index (χ1n) is 4.03. The van der Waals surface area contributed by atoms with Gasteiger partial charge in [0.1, 0.15) is 5.78 Å². The van der Waals surface area contributed by atoms with Gasteiger partial charge in [-0.15, -0.1) is 0 Å². The third-order valence-corrected chi connectivity index (χ3v) is 1.54. The van der Waals surface area contributed by atoms with Crippen LogP contribution in [0.5, 0.6) is 0 Å². The van der Waals surface area contributed by atoms with Crippen molar-refractivity contribution in [1.29, 1.82) is 0 Å². The highest BCUT2D eigenvalue weighted by atomic mass is 16.1. The predicted molar refractivity (Wildman–Crippen MR) is 44.3 cm³/mol. The summed E-state index contributed by atoms with van der Waals surface area (Å²) in [5.41, 5.74) is 0. The normalized spacial score (nSPS) is 9.70. The third-order valence-electron chi connectivity index (χ3n) is 1.54. The summed E-state index contributed by atoms with van der Waals surface area (Å²) in [5, 5.41) is 0. The van der Waals surface area contributed by atoms with E-state index in [2.05, 4.69) is 6.92 Å². The van der Waals surface area contributed by atoms with Gasteiger partial charge in [-0.2, -0.15) is 0 Å². The number of carbonyl (C=O) groups excluding carboxylic acids is 1. The second-order valence-corrected chi connectivity index (χ2v) is 2.55. The van der Waals surface area contributed by atoms with E-state index >= 15 is 0 Å². The predicted octanol–water partition coefficient (Wildman–Crippen LogP) is 2.11. The van der Waals surface area contributed by atoms with E-state index in [1.54, 1.807) is 0 Å². The van der Waals surface area contributed by atoms with Gasteiger partial charge in [-0.05, 0) is 12.7 Å². The molecule has 0 unspecified atom stereocenters. The fourth-order valence-corrected chi connectivity index (χ4v) is 0.851. The number of ketones is 1. The van der Waals surface area contributed by atoms with Crippen LogP contribution in [0.15, 0.2) is 0 Å². The molecule has 0 aliphatic heterocycles. The van der Waals surface area contributed by atoms with Crippen molar-refractivity contribution in [3.63, 3.8) is 0 Å². The van der Waals surface area contributed by atoms with Crippen molar-refractivity contribution in [2.75, 3.05) is 0 Å². The molecule has 0 atom stereocenters. The Balaban J connectivity index is 2.96. The van der Waals surface area contributed by atoms with Crippen molar-refractivity contribution in [2.45, 2.75) is 45.3 Å². The lowest BCUT2D eigenvalue weighted by Crippen LogP contribution is -1.95. The van der Waals surface area contributed by atoms with Gasteiger partial charge in [-0.25, -0.2) is 0 Å².